The van der Waals surface area contributed by atoms with Crippen LogP contribution in [-0.2, 0) is 11.8 Å². The number of carboxylic acid groups (broad SMARTS) is 1. The summed E-state index contributed by atoms with van der Waals surface area (Å²) in [6, 6.07) is 3.81. The SMILES string of the molecule is COc1cc2c(cc1Oc1nc(C(=O)Nc3c(OC)nc(NCCN(C(=O)O)C(C)C)nc3OC)cs1)C(C)(C)CC2. The van der Waals surface area contributed by atoms with Gasteiger partial charge < -0.3 is 39.6 Å². The Morgan fingerprint density at radius 3 is 2.36 bits per heavy atom. The lowest BCUT2D eigenvalue weighted by Crippen LogP contribution is -2.39. The molecule has 0 fully saturated rings. The van der Waals surface area contributed by atoms with E-state index in [1.54, 1.807) is 26.3 Å². The average Bonchev–Trinajstić information content (AvgIpc) is 3.54. The molecular weight excluding hydrogens is 564 g/mol. The van der Waals surface area contributed by atoms with Crippen molar-refractivity contribution in [2.75, 3.05) is 45.1 Å². The number of aromatic nitrogens is 3. The van der Waals surface area contributed by atoms with Crippen LogP contribution in [0.3, 0.4) is 0 Å². The number of hydrogen-bond acceptors (Lipinski definition) is 11. The predicted molar refractivity (Wildman–Crippen MR) is 158 cm³/mol. The van der Waals surface area contributed by atoms with Gasteiger partial charge in [0.2, 0.25) is 17.7 Å². The van der Waals surface area contributed by atoms with E-state index >= 15 is 0 Å². The van der Waals surface area contributed by atoms with Crippen LogP contribution < -0.4 is 29.6 Å². The van der Waals surface area contributed by atoms with Crippen LogP contribution in [0.1, 0.15) is 55.7 Å². The summed E-state index contributed by atoms with van der Waals surface area (Å²) < 4.78 is 22.4. The van der Waals surface area contributed by atoms with Crippen LogP contribution in [0.4, 0.5) is 16.4 Å². The van der Waals surface area contributed by atoms with E-state index in [4.69, 9.17) is 18.9 Å². The Morgan fingerprint density at radius 1 is 1.07 bits per heavy atom. The number of nitrogens with zero attached hydrogens (tertiary/aromatic N) is 4. The lowest BCUT2D eigenvalue weighted by Gasteiger charge is -2.23. The first kappa shape index (κ1) is 30.6. The number of ether oxygens (including phenoxy) is 4. The van der Waals surface area contributed by atoms with Gasteiger partial charge in [-0.1, -0.05) is 25.2 Å². The number of benzene rings is 1. The Morgan fingerprint density at radius 2 is 1.76 bits per heavy atom. The summed E-state index contributed by atoms with van der Waals surface area (Å²) in [6.07, 6.45) is 1.01. The molecule has 0 unspecified atom stereocenters. The number of carbonyl (C=O) groups excluding carboxylic acids is 1. The van der Waals surface area contributed by atoms with Crippen molar-refractivity contribution in [3.8, 4) is 28.5 Å². The maximum absolute atomic E-state index is 13.1. The summed E-state index contributed by atoms with van der Waals surface area (Å²) in [7, 11) is 4.38. The molecule has 0 saturated carbocycles. The Hall–Kier alpha value is -4.33. The summed E-state index contributed by atoms with van der Waals surface area (Å²) in [5.74, 6) is 0.840. The number of aryl methyl sites for hydroxylation is 1. The van der Waals surface area contributed by atoms with Crippen molar-refractivity contribution in [1.82, 2.24) is 19.9 Å². The highest BCUT2D eigenvalue weighted by Gasteiger charge is 2.32. The number of rotatable bonds is 12. The van der Waals surface area contributed by atoms with Crippen molar-refractivity contribution in [2.24, 2.45) is 0 Å². The van der Waals surface area contributed by atoms with Gasteiger partial charge in [-0.3, -0.25) is 4.79 Å². The lowest BCUT2D eigenvalue weighted by atomic mass is 9.86. The van der Waals surface area contributed by atoms with Gasteiger partial charge >= 0.3 is 6.09 Å². The molecule has 2 aromatic heterocycles. The summed E-state index contributed by atoms with van der Waals surface area (Å²) in [5, 5.41) is 16.9. The van der Waals surface area contributed by atoms with Crippen LogP contribution in [0.5, 0.6) is 28.5 Å². The number of nitrogens with one attached hydrogen (secondary N) is 2. The summed E-state index contributed by atoms with van der Waals surface area (Å²) in [4.78, 5) is 38.8. The van der Waals surface area contributed by atoms with Gasteiger partial charge in [0.1, 0.15) is 5.69 Å². The van der Waals surface area contributed by atoms with Gasteiger partial charge in [-0.2, -0.15) is 15.0 Å². The molecule has 226 valence electrons. The number of amides is 2. The topological polar surface area (TPSA) is 157 Å². The van der Waals surface area contributed by atoms with Crippen LogP contribution in [0.15, 0.2) is 17.5 Å². The maximum Gasteiger partial charge on any atom is 0.407 e. The molecule has 3 N–H and O–H groups in total. The molecule has 0 saturated heterocycles. The second kappa shape index (κ2) is 12.7. The Kier molecular flexibility index (Phi) is 9.24. The van der Waals surface area contributed by atoms with Crippen LogP contribution in [0.2, 0.25) is 0 Å². The van der Waals surface area contributed by atoms with Crippen molar-refractivity contribution < 1.29 is 33.6 Å². The third-order valence-electron chi connectivity index (χ3n) is 7.02. The van der Waals surface area contributed by atoms with E-state index in [0.717, 1.165) is 12.8 Å². The molecule has 3 aromatic rings. The third-order valence-corrected chi connectivity index (χ3v) is 7.74. The first-order chi connectivity index (χ1) is 20.0. The molecule has 1 aliphatic carbocycles. The predicted octanol–water partition coefficient (Wildman–Crippen LogP) is 5.03. The van der Waals surface area contributed by atoms with E-state index in [0.29, 0.717) is 11.5 Å². The number of thiazole rings is 1. The van der Waals surface area contributed by atoms with E-state index < -0.39 is 12.0 Å². The highest BCUT2D eigenvalue weighted by molar-refractivity contribution is 7.11. The van der Waals surface area contributed by atoms with Gasteiger partial charge in [0, 0.05) is 24.5 Å². The number of hydrogen-bond donors (Lipinski definition) is 3. The minimum absolute atomic E-state index is 0.0335. The molecule has 4 rings (SSSR count). The van der Waals surface area contributed by atoms with Crippen molar-refractivity contribution in [1.29, 1.82) is 0 Å². The minimum Gasteiger partial charge on any atom is -0.493 e. The van der Waals surface area contributed by atoms with Gasteiger partial charge in [-0.25, -0.2) is 4.79 Å². The molecule has 0 radical (unpaired) electrons. The number of anilines is 2. The molecule has 14 heteroatoms. The second-order valence-corrected chi connectivity index (χ2v) is 11.4. The summed E-state index contributed by atoms with van der Waals surface area (Å²) in [5.41, 5.74) is 2.72. The molecule has 0 atom stereocenters. The van der Waals surface area contributed by atoms with E-state index in [-0.39, 0.29) is 58.8 Å². The fraction of sp³-hybridized carbons (Fsp3) is 0.464. The van der Waals surface area contributed by atoms with Crippen molar-refractivity contribution in [2.45, 2.75) is 52.0 Å². The van der Waals surface area contributed by atoms with Crippen LogP contribution in [0.25, 0.3) is 0 Å². The molecule has 2 heterocycles. The molecule has 0 bridgehead atoms. The molecule has 1 aromatic carbocycles. The minimum atomic E-state index is -1.02. The van der Waals surface area contributed by atoms with Gasteiger partial charge in [-0.05, 0) is 55.4 Å². The first-order valence-electron chi connectivity index (χ1n) is 13.4. The van der Waals surface area contributed by atoms with Crippen LogP contribution in [0, 0.1) is 0 Å². The molecule has 0 spiro atoms. The monoisotopic (exact) mass is 600 g/mol. The van der Waals surface area contributed by atoms with Gasteiger partial charge in [-0.15, -0.1) is 0 Å². The largest absolute Gasteiger partial charge is 0.493 e. The average molecular weight is 601 g/mol. The lowest BCUT2D eigenvalue weighted by molar-refractivity contribution is 0.102. The molecule has 0 aliphatic heterocycles. The van der Waals surface area contributed by atoms with Crippen molar-refractivity contribution in [3.05, 3.63) is 34.3 Å². The van der Waals surface area contributed by atoms with E-state index in [2.05, 4.69) is 39.4 Å². The summed E-state index contributed by atoms with van der Waals surface area (Å²) in [6.45, 7) is 8.44. The van der Waals surface area contributed by atoms with Crippen molar-refractivity contribution in [3.63, 3.8) is 0 Å². The highest BCUT2D eigenvalue weighted by atomic mass is 32.1. The Bertz CT molecular complexity index is 1430. The fourth-order valence-electron chi connectivity index (χ4n) is 4.71. The zero-order valence-electron chi connectivity index (χ0n) is 24.7. The zero-order valence-corrected chi connectivity index (χ0v) is 25.5. The maximum atomic E-state index is 13.1. The normalized spacial score (nSPS) is 13.3. The third kappa shape index (κ3) is 6.59. The Labute approximate surface area is 248 Å². The van der Waals surface area contributed by atoms with Crippen LogP contribution in [-0.4, -0.2) is 77.4 Å². The van der Waals surface area contributed by atoms with Crippen LogP contribution >= 0.6 is 11.3 Å². The first-order valence-corrected chi connectivity index (χ1v) is 14.2. The molecule has 42 heavy (non-hydrogen) atoms. The van der Waals surface area contributed by atoms with E-state index in [1.807, 2.05) is 12.1 Å². The van der Waals surface area contributed by atoms with Gasteiger partial charge in [0.25, 0.3) is 11.1 Å². The standard InChI is InChI=1S/C28H36N6O7S/c1-15(2)34(27(36)37)11-10-29-25-32-23(39-6)21(24(33-25)40-7)31-22(35)18-14-42-26(30-18)41-20-13-17-16(12-19(20)38-5)8-9-28(17,3)4/h12-15H,8-11H2,1-7H3,(H,31,35)(H,36,37)(H,29,32,33). The molecular formula is C28H36N6O7S. The highest BCUT2D eigenvalue weighted by Crippen LogP contribution is 2.45. The summed E-state index contributed by atoms with van der Waals surface area (Å²) >= 11 is 1.17. The second-order valence-electron chi connectivity index (χ2n) is 10.5. The molecule has 13 nitrogen and oxygen atoms in total. The zero-order chi connectivity index (χ0) is 30.6. The number of methoxy groups -OCH3 is 3. The van der Waals surface area contributed by atoms with Gasteiger partial charge in [0.05, 0.1) is 21.3 Å². The smallest absolute Gasteiger partial charge is 0.407 e. The number of fused-ring (bicyclic) bond motifs is 1. The quantitative estimate of drug-likeness (QED) is 0.256. The van der Waals surface area contributed by atoms with E-state index in [1.165, 1.54) is 41.6 Å². The molecule has 1 aliphatic rings. The molecule has 2 amide bonds. The van der Waals surface area contributed by atoms with Crippen molar-refractivity contribution >= 4 is 35.0 Å². The van der Waals surface area contributed by atoms with Gasteiger partial charge in [0.15, 0.2) is 17.2 Å². The fourth-order valence-corrected chi connectivity index (χ4v) is 5.37. The van der Waals surface area contributed by atoms with E-state index in [9.17, 15) is 14.7 Å². The Balaban J connectivity index is 1.48. The number of carbonyl (C=O) groups is 2.